The highest BCUT2D eigenvalue weighted by Crippen LogP contribution is 2.15. The number of aryl methyl sites for hydroxylation is 1. The number of unbranched alkanes of at least 4 members (excludes halogenated alkanes) is 6. The van der Waals surface area contributed by atoms with Gasteiger partial charge >= 0.3 is 5.97 Å². The minimum absolute atomic E-state index is 0.237. The van der Waals surface area contributed by atoms with E-state index < -0.39 is 0 Å². The summed E-state index contributed by atoms with van der Waals surface area (Å²) in [5.41, 5.74) is 1.92. The Kier molecular flexibility index (Phi) is 12.4. The molecule has 0 spiro atoms. The van der Waals surface area contributed by atoms with Gasteiger partial charge in [-0.3, -0.25) is 0 Å². The molecule has 0 saturated heterocycles. The van der Waals surface area contributed by atoms with E-state index in [2.05, 4.69) is 19.1 Å². The number of benzene rings is 2. The van der Waals surface area contributed by atoms with E-state index in [0.29, 0.717) is 25.4 Å². The normalized spacial score (nSPS) is 10.7. The fraction of sp³-hybridized carbons (Fsp3) is 0.500. The lowest BCUT2D eigenvalue weighted by Gasteiger charge is -2.09. The van der Waals surface area contributed by atoms with Crippen LogP contribution >= 0.6 is 0 Å². The van der Waals surface area contributed by atoms with E-state index in [0.717, 1.165) is 12.2 Å². The predicted molar refractivity (Wildman–Crippen MR) is 121 cm³/mol. The van der Waals surface area contributed by atoms with E-state index in [4.69, 9.17) is 14.2 Å². The molecule has 2 aromatic carbocycles. The topological polar surface area (TPSA) is 44.8 Å². The highest BCUT2D eigenvalue weighted by Gasteiger charge is 2.05. The second-order valence-electron chi connectivity index (χ2n) is 7.48. The van der Waals surface area contributed by atoms with Gasteiger partial charge in [0.1, 0.15) is 19.0 Å². The van der Waals surface area contributed by atoms with Gasteiger partial charge in [0.25, 0.3) is 0 Å². The summed E-state index contributed by atoms with van der Waals surface area (Å²) in [7, 11) is 0. The smallest absolute Gasteiger partial charge is 0.338 e. The Morgan fingerprint density at radius 3 is 2.13 bits per heavy atom. The van der Waals surface area contributed by atoms with Crippen molar-refractivity contribution >= 4 is 5.97 Å². The molecule has 2 aromatic rings. The zero-order valence-corrected chi connectivity index (χ0v) is 18.3. The first-order chi connectivity index (χ1) is 14.8. The van der Waals surface area contributed by atoms with E-state index in [-0.39, 0.29) is 12.6 Å². The third kappa shape index (κ3) is 10.4. The monoisotopic (exact) mass is 412 g/mol. The molecule has 0 bridgehead atoms. The minimum Gasteiger partial charge on any atom is -0.491 e. The van der Waals surface area contributed by atoms with Gasteiger partial charge in [-0.25, -0.2) is 4.79 Å². The number of carbonyl (C=O) groups is 1. The molecule has 4 nitrogen and oxygen atoms in total. The Morgan fingerprint density at radius 1 is 0.733 bits per heavy atom. The molecule has 0 amide bonds. The molecule has 164 valence electrons. The number of hydrogen-bond donors (Lipinski definition) is 0. The van der Waals surface area contributed by atoms with Crippen molar-refractivity contribution in [2.24, 2.45) is 0 Å². The molecule has 0 atom stereocenters. The Balaban J connectivity index is 1.47. The van der Waals surface area contributed by atoms with Crippen molar-refractivity contribution in [1.29, 1.82) is 0 Å². The fourth-order valence-corrected chi connectivity index (χ4v) is 3.21. The van der Waals surface area contributed by atoms with E-state index >= 15 is 0 Å². The summed E-state index contributed by atoms with van der Waals surface area (Å²) < 4.78 is 16.3. The van der Waals surface area contributed by atoms with Crippen molar-refractivity contribution in [2.45, 2.75) is 58.3 Å². The van der Waals surface area contributed by atoms with E-state index in [1.54, 1.807) is 12.1 Å². The molecule has 0 fully saturated rings. The molecule has 30 heavy (non-hydrogen) atoms. The maximum atomic E-state index is 11.8. The van der Waals surface area contributed by atoms with Crippen molar-refractivity contribution in [2.75, 3.05) is 26.4 Å². The summed E-state index contributed by atoms with van der Waals surface area (Å²) in [4.78, 5) is 11.8. The Morgan fingerprint density at radius 2 is 1.40 bits per heavy atom. The molecule has 0 N–H and O–H groups in total. The molecule has 0 heterocycles. The molecular formula is C26H36O4. The van der Waals surface area contributed by atoms with Crippen LogP contribution in [0, 0.1) is 0 Å². The summed E-state index contributed by atoms with van der Waals surface area (Å²) in [6.07, 6.45) is 10.5. The third-order valence-electron chi connectivity index (χ3n) is 4.96. The summed E-state index contributed by atoms with van der Waals surface area (Å²) in [6.45, 7) is 3.79. The highest BCUT2D eigenvalue weighted by atomic mass is 16.6. The minimum atomic E-state index is -0.327. The van der Waals surface area contributed by atoms with Crippen molar-refractivity contribution in [3.05, 3.63) is 65.7 Å². The largest absolute Gasteiger partial charge is 0.491 e. The van der Waals surface area contributed by atoms with Gasteiger partial charge in [-0.05, 0) is 42.7 Å². The SMILES string of the molecule is CCCCCCCCCc1ccc(OCCOCCOC(=O)c2ccccc2)cc1. The third-order valence-corrected chi connectivity index (χ3v) is 4.96. The van der Waals surface area contributed by atoms with Crippen LogP contribution in [-0.4, -0.2) is 32.4 Å². The number of esters is 1. The molecule has 0 aliphatic rings. The van der Waals surface area contributed by atoms with Crippen molar-refractivity contribution < 1.29 is 19.0 Å². The van der Waals surface area contributed by atoms with Crippen LogP contribution in [0.5, 0.6) is 5.75 Å². The number of rotatable bonds is 16. The molecule has 0 saturated carbocycles. The summed E-state index contributed by atoms with van der Waals surface area (Å²) in [5.74, 6) is 0.532. The first kappa shape index (κ1) is 23.9. The Bertz CT molecular complexity index is 682. The number of hydrogen-bond acceptors (Lipinski definition) is 4. The van der Waals surface area contributed by atoms with E-state index in [9.17, 15) is 4.79 Å². The molecule has 0 aliphatic heterocycles. The summed E-state index contributed by atoms with van der Waals surface area (Å²) in [6, 6.07) is 17.3. The van der Waals surface area contributed by atoms with Gasteiger partial charge in [0.2, 0.25) is 0 Å². The van der Waals surface area contributed by atoms with Crippen LogP contribution in [0.25, 0.3) is 0 Å². The van der Waals surface area contributed by atoms with Crippen LogP contribution in [0.2, 0.25) is 0 Å². The lowest BCUT2D eigenvalue weighted by Crippen LogP contribution is -2.13. The molecule has 0 unspecified atom stereocenters. The van der Waals surface area contributed by atoms with Crippen LogP contribution in [0.1, 0.15) is 67.8 Å². The summed E-state index contributed by atoms with van der Waals surface area (Å²) >= 11 is 0. The quantitative estimate of drug-likeness (QED) is 0.242. The molecular weight excluding hydrogens is 376 g/mol. The van der Waals surface area contributed by atoms with Gasteiger partial charge in [0, 0.05) is 0 Å². The molecule has 0 aliphatic carbocycles. The fourth-order valence-electron chi connectivity index (χ4n) is 3.21. The average Bonchev–Trinajstić information content (AvgIpc) is 2.79. The number of ether oxygens (including phenoxy) is 3. The molecule has 4 heteroatoms. The van der Waals surface area contributed by atoms with Gasteiger partial charge in [-0.2, -0.15) is 0 Å². The predicted octanol–water partition coefficient (Wildman–Crippen LogP) is 6.23. The maximum Gasteiger partial charge on any atom is 0.338 e. The van der Waals surface area contributed by atoms with Crippen molar-refractivity contribution in [1.82, 2.24) is 0 Å². The van der Waals surface area contributed by atoms with Crippen molar-refractivity contribution in [3.8, 4) is 5.75 Å². The zero-order chi connectivity index (χ0) is 21.3. The van der Waals surface area contributed by atoms with Crippen LogP contribution in [0.3, 0.4) is 0 Å². The molecule has 2 rings (SSSR count). The Labute approximate surface area is 181 Å². The van der Waals surface area contributed by atoms with Gasteiger partial charge in [0.05, 0.1) is 18.8 Å². The first-order valence-corrected chi connectivity index (χ1v) is 11.3. The second-order valence-corrected chi connectivity index (χ2v) is 7.48. The second kappa shape index (κ2) is 15.5. The average molecular weight is 413 g/mol. The molecule has 0 radical (unpaired) electrons. The maximum absolute atomic E-state index is 11.8. The zero-order valence-electron chi connectivity index (χ0n) is 18.3. The Hall–Kier alpha value is -2.33. The van der Waals surface area contributed by atoms with Crippen LogP contribution in [0.15, 0.2) is 54.6 Å². The van der Waals surface area contributed by atoms with Crippen LogP contribution in [0.4, 0.5) is 0 Å². The summed E-state index contributed by atoms with van der Waals surface area (Å²) in [5, 5.41) is 0. The van der Waals surface area contributed by atoms with E-state index in [1.165, 1.54) is 50.5 Å². The van der Waals surface area contributed by atoms with Gasteiger partial charge < -0.3 is 14.2 Å². The van der Waals surface area contributed by atoms with Gasteiger partial charge in [0.15, 0.2) is 0 Å². The van der Waals surface area contributed by atoms with Crippen molar-refractivity contribution in [3.63, 3.8) is 0 Å². The molecule has 0 aromatic heterocycles. The lowest BCUT2D eigenvalue weighted by atomic mass is 10.0. The van der Waals surface area contributed by atoms with Gasteiger partial charge in [-0.1, -0.05) is 75.8 Å². The number of carbonyl (C=O) groups excluding carboxylic acids is 1. The van der Waals surface area contributed by atoms with Crippen LogP contribution < -0.4 is 4.74 Å². The van der Waals surface area contributed by atoms with E-state index in [1.807, 2.05) is 30.3 Å². The first-order valence-electron chi connectivity index (χ1n) is 11.3. The standard InChI is InChI=1S/C26H36O4/c1-2-3-4-5-6-7-9-12-23-15-17-25(18-16-23)29-21-19-28-20-22-30-26(27)24-13-10-8-11-14-24/h8,10-11,13-18H,2-7,9,12,19-22H2,1H3. The van der Waals surface area contributed by atoms with Crippen LogP contribution in [-0.2, 0) is 15.9 Å². The highest BCUT2D eigenvalue weighted by molar-refractivity contribution is 5.89. The van der Waals surface area contributed by atoms with Gasteiger partial charge in [-0.15, -0.1) is 0 Å². The lowest BCUT2D eigenvalue weighted by molar-refractivity contribution is 0.0273.